The number of pyridine rings is 1. The number of hydrogen-bond donors (Lipinski definition) is 0. The highest BCUT2D eigenvalue weighted by Crippen LogP contribution is 2.02. The Morgan fingerprint density at radius 2 is 1.91 bits per heavy atom. The van der Waals surface area contributed by atoms with Crippen LogP contribution in [0.4, 0.5) is 0 Å². The Bertz CT molecular complexity index is 563. The average Bonchev–Trinajstić information content (AvgIpc) is 2.48. The van der Waals surface area contributed by atoms with E-state index >= 15 is 0 Å². The van der Waals surface area contributed by atoms with Crippen LogP contribution in [0.3, 0.4) is 0 Å². The molecule has 0 aliphatic heterocycles. The van der Waals surface area contributed by atoms with E-state index in [9.17, 15) is 13.2 Å². The van der Waals surface area contributed by atoms with E-state index in [-0.39, 0.29) is 25.6 Å². The number of carbonyl (C=O) groups is 1. The molecule has 0 fully saturated rings. The second-order valence-electron chi connectivity index (χ2n) is 5.01. The summed E-state index contributed by atoms with van der Waals surface area (Å²) in [7, 11) is -0.279. The van der Waals surface area contributed by atoms with Crippen LogP contribution >= 0.6 is 0 Å². The van der Waals surface area contributed by atoms with Crippen molar-refractivity contribution in [2.24, 2.45) is 0 Å². The van der Waals surface area contributed by atoms with Crippen molar-refractivity contribution in [3.05, 3.63) is 30.1 Å². The van der Waals surface area contributed by atoms with Crippen molar-refractivity contribution in [2.75, 3.05) is 46.7 Å². The summed E-state index contributed by atoms with van der Waals surface area (Å²) in [5.41, 5.74) is 1.08. The molecule has 0 atom stereocenters. The molecule has 1 aromatic heterocycles. The lowest BCUT2D eigenvalue weighted by Crippen LogP contribution is -2.42. The molecule has 0 N–H and O–H groups in total. The van der Waals surface area contributed by atoms with Crippen LogP contribution in [0.15, 0.2) is 24.5 Å². The van der Waals surface area contributed by atoms with Crippen LogP contribution in [0, 0.1) is 0 Å². The molecular weight excluding hydrogens is 306 g/mol. The Balaban J connectivity index is 2.54. The fourth-order valence-corrected chi connectivity index (χ4v) is 2.55. The molecule has 22 heavy (non-hydrogen) atoms. The van der Waals surface area contributed by atoms with Crippen LogP contribution in [0.2, 0.25) is 0 Å². The zero-order valence-electron chi connectivity index (χ0n) is 13.2. The molecule has 1 heterocycles. The van der Waals surface area contributed by atoms with Crippen molar-refractivity contribution < 1.29 is 17.9 Å². The number of likely N-dealkylation sites (N-methyl/N-ethyl adjacent to an activating group) is 1. The average molecular weight is 329 g/mol. The number of hydrogen-bond acceptors (Lipinski definition) is 5. The highest BCUT2D eigenvalue weighted by Gasteiger charge is 2.21. The quantitative estimate of drug-likeness (QED) is 0.637. The summed E-state index contributed by atoms with van der Waals surface area (Å²) in [5.74, 6) is -0.240. The first-order valence-corrected chi connectivity index (χ1v) is 8.76. The van der Waals surface area contributed by atoms with Gasteiger partial charge in [-0.3, -0.25) is 9.78 Å². The molecule has 0 spiro atoms. The maximum absolute atomic E-state index is 12.2. The monoisotopic (exact) mass is 329 g/mol. The molecule has 0 unspecified atom stereocenters. The van der Waals surface area contributed by atoms with E-state index in [2.05, 4.69) is 4.98 Å². The van der Waals surface area contributed by atoms with Crippen molar-refractivity contribution in [3.63, 3.8) is 0 Å². The summed E-state index contributed by atoms with van der Waals surface area (Å²) in [6.07, 6.45) is 5.19. The lowest BCUT2D eigenvalue weighted by Gasteiger charge is -2.23. The zero-order chi connectivity index (χ0) is 16.6. The Morgan fingerprint density at radius 3 is 2.45 bits per heavy atom. The van der Waals surface area contributed by atoms with Gasteiger partial charge in [0.25, 0.3) is 0 Å². The van der Waals surface area contributed by atoms with Gasteiger partial charge in [-0.25, -0.2) is 8.42 Å². The van der Waals surface area contributed by atoms with E-state index in [0.29, 0.717) is 13.0 Å². The van der Waals surface area contributed by atoms with Gasteiger partial charge in [-0.1, -0.05) is 0 Å². The highest BCUT2D eigenvalue weighted by molar-refractivity contribution is 7.88. The Labute approximate surface area is 131 Å². The van der Waals surface area contributed by atoms with Crippen LogP contribution in [0.5, 0.6) is 0 Å². The van der Waals surface area contributed by atoms with Crippen molar-refractivity contribution >= 4 is 15.9 Å². The molecule has 0 aliphatic rings. The van der Waals surface area contributed by atoms with Gasteiger partial charge in [0, 0.05) is 39.6 Å². The van der Waals surface area contributed by atoms with Crippen molar-refractivity contribution in [1.82, 2.24) is 14.2 Å². The number of methoxy groups -OCH3 is 1. The molecule has 124 valence electrons. The van der Waals surface area contributed by atoms with E-state index in [1.165, 1.54) is 12.0 Å². The van der Waals surface area contributed by atoms with Gasteiger partial charge < -0.3 is 9.64 Å². The first kappa shape index (κ1) is 18.5. The maximum Gasteiger partial charge on any atom is 0.237 e. The molecule has 1 aromatic rings. The summed E-state index contributed by atoms with van der Waals surface area (Å²) < 4.78 is 29.3. The number of nitrogens with zero attached hydrogens (tertiary/aromatic N) is 3. The standard InChI is InChI=1S/C14H23N3O4S/c1-16(9-6-13-4-7-15-8-5-13)14(18)12-17(10-11-21-2)22(3,19)20/h4-5,7-8H,6,9-12H2,1-3H3. The fourth-order valence-electron chi connectivity index (χ4n) is 1.80. The van der Waals surface area contributed by atoms with Crippen LogP contribution < -0.4 is 0 Å². The smallest absolute Gasteiger partial charge is 0.237 e. The predicted octanol–water partition coefficient (Wildman–Crippen LogP) is -0.00950. The summed E-state index contributed by atoms with van der Waals surface area (Å²) in [6.45, 7) is 0.764. The summed E-state index contributed by atoms with van der Waals surface area (Å²) in [6, 6.07) is 3.78. The number of ether oxygens (including phenoxy) is 1. The number of sulfonamides is 1. The van der Waals surface area contributed by atoms with Gasteiger partial charge in [0.15, 0.2) is 0 Å². The van der Waals surface area contributed by atoms with Crippen molar-refractivity contribution in [3.8, 4) is 0 Å². The third-order valence-corrected chi connectivity index (χ3v) is 4.49. The number of carbonyl (C=O) groups excluding carboxylic acids is 1. The van der Waals surface area contributed by atoms with Gasteiger partial charge in [-0.05, 0) is 24.1 Å². The van der Waals surface area contributed by atoms with Crippen LogP contribution in [0.1, 0.15) is 5.56 Å². The van der Waals surface area contributed by atoms with E-state index in [4.69, 9.17) is 4.74 Å². The number of amides is 1. The minimum atomic E-state index is -3.44. The first-order chi connectivity index (χ1) is 10.3. The largest absolute Gasteiger partial charge is 0.383 e. The van der Waals surface area contributed by atoms with Crippen LogP contribution in [0.25, 0.3) is 0 Å². The summed E-state index contributed by atoms with van der Waals surface area (Å²) in [4.78, 5) is 17.6. The van der Waals surface area contributed by atoms with Gasteiger partial charge in [-0.2, -0.15) is 4.31 Å². The third kappa shape index (κ3) is 6.50. The molecule has 1 rings (SSSR count). The molecule has 0 saturated carbocycles. The van der Waals surface area contributed by atoms with Gasteiger partial charge in [0.05, 0.1) is 19.4 Å². The van der Waals surface area contributed by atoms with Gasteiger partial charge in [0.1, 0.15) is 0 Å². The SMILES string of the molecule is COCCN(CC(=O)N(C)CCc1ccncc1)S(C)(=O)=O. The normalized spacial score (nSPS) is 11.6. The minimum absolute atomic E-state index is 0.166. The number of rotatable bonds is 9. The molecular formula is C14H23N3O4S. The zero-order valence-corrected chi connectivity index (χ0v) is 14.0. The van der Waals surface area contributed by atoms with E-state index in [0.717, 1.165) is 16.1 Å². The molecule has 0 bridgehead atoms. The lowest BCUT2D eigenvalue weighted by atomic mass is 10.2. The van der Waals surface area contributed by atoms with Crippen LogP contribution in [-0.2, 0) is 26.0 Å². The number of aromatic nitrogens is 1. The van der Waals surface area contributed by atoms with E-state index < -0.39 is 10.0 Å². The molecule has 0 aliphatic carbocycles. The Morgan fingerprint density at radius 1 is 1.27 bits per heavy atom. The minimum Gasteiger partial charge on any atom is -0.383 e. The van der Waals surface area contributed by atoms with Crippen molar-refractivity contribution in [1.29, 1.82) is 0 Å². The second-order valence-corrected chi connectivity index (χ2v) is 6.99. The molecule has 0 radical (unpaired) electrons. The first-order valence-electron chi connectivity index (χ1n) is 6.91. The maximum atomic E-state index is 12.2. The molecule has 8 heteroatoms. The third-order valence-electron chi connectivity index (χ3n) is 3.24. The lowest BCUT2D eigenvalue weighted by molar-refractivity contribution is -0.130. The van der Waals surface area contributed by atoms with Crippen molar-refractivity contribution in [2.45, 2.75) is 6.42 Å². The molecule has 1 amide bonds. The topological polar surface area (TPSA) is 79.8 Å². The molecule has 0 saturated heterocycles. The van der Waals surface area contributed by atoms with Gasteiger partial charge in [0.2, 0.25) is 15.9 Å². The molecule has 7 nitrogen and oxygen atoms in total. The predicted molar refractivity (Wildman–Crippen MR) is 83.9 cm³/mol. The molecule has 0 aromatic carbocycles. The van der Waals surface area contributed by atoms with E-state index in [1.54, 1.807) is 19.4 Å². The summed E-state index contributed by atoms with van der Waals surface area (Å²) in [5, 5.41) is 0. The fraction of sp³-hybridized carbons (Fsp3) is 0.571. The van der Waals surface area contributed by atoms with E-state index in [1.807, 2.05) is 12.1 Å². The summed E-state index contributed by atoms with van der Waals surface area (Å²) >= 11 is 0. The van der Waals surface area contributed by atoms with Gasteiger partial charge >= 0.3 is 0 Å². The Kier molecular flexibility index (Phi) is 7.43. The van der Waals surface area contributed by atoms with Gasteiger partial charge in [-0.15, -0.1) is 0 Å². The second kappa shape index (κ2) is 8.82. The Hall–Kier alpha value is -1.51. The van der Waals surface area contributed by atoms with Crippen LogP contribution in [-0.4, -0.2) is 75.2 Å². The highest BCUT2D eigenvalue weighted by atomic mass is 32.2.